The number of hydrogen-bond acceptors (Lipinski definition) is 2. The van der Waals surface area contributed by atoms with E-state index < -0.39 is 0 Å². The van der Waals surface area contributed by atoms with Crippen LogP contribution in [-0.4, -0.2) is 36.6 Å². The molecule has 1 amide bonds. The lowest BCUT2D eigenvalue weighted by atomic mass is 9.86. The normalized spacial score (nSPS) is 23.9. The lowest BCUT2D eigenvalue weighted by Gasteiger charge is -2.24. The largest absolute Gasteiger partial charge is 0.378 e. The zero-order chi connectivity index (χ0) is 14.5. The zero-order valence-electron chi connectivity index (χ0n) is 12.7. The highest BCUT2D eigenvalue weighted by Crippen LogP contribution is 2.36. The van der Waals surface area contributed by atoms with E-state index in [1.165, 1.54) is 5.56 Å². The van der Waals surface area contributed by atoms with Crippen molar-refractivity contribution in [1.29, 1.82) is 0 Å². The molecular weight excluding hydrogens is 250 g/mol. The number of likely N-dealkylation sites (tertiary alicyclic amines) is 1. The molecule has 3 atom stereocenters. The predicted octanol–water partition coefficient (Wildman–Crippen LogP) is 3.06. The second-order valence-electron chi connectivity index (χ2n) is 5.49. The van der Waals surface area contributed by atoms with E-state index in [-0.39, 0.29) is 12.0 Å². The van der Waals surface area contributed by atoms with Crippen molar-refractivity contribution in [3.05, 3.63) is 35.9 Å². The van der Waals surface area contributed by atoms with Gasteiger partial charge in [-0.25, -0.2) is 0 Å². The Labute approximate surface area is 121 Å². The van der Waals surface area contributed by atoms with E-state index in [1.54, 1.807) is 0 Å². The number of carbonyl (C=O) groups excluding carboxylic acids is 1. The molecule has 0 radical (unpaired) electrons. The Morgan fingerprint density at radius 1 is 1.30 bits per heavy atom. The summed E-state index contributed by atoms with van der Waals surface area (Å²) in [5.41, 5.74) is 1.32. The van der Waals surface area contributed by atoms with Crippen LogP contribution in [0.2, 0.25) is 0 Å². The van der Waals surface area contributed by atoms with Crippen LogP contribution in [0.4, 0.5) is 0 Å². The van der Waals surface area contributed by atoms with Gasteiger partial charge in [-0.1, -0.05) is 37.3 Å². The van der Waals surface area contributed by atoms with Crippen LogP contribution in [0.3, 0.4) is 0 Å². The number of nitrogens with zero attached hydrogens (tertiary/aromatic N) is 1. The van der Waals surface area contributed by atoms with Gasteiger partial charge in [-0.15, -0.1) is 0 Å². The standard InChI is InChI=1S/C17H25NO2/c1-4-17(19)18-11-15(13(3)20-5-2)16(12-18)14-9-7-6-8-10-14/h6-10,13,15-16H,4-5,11-12H2,1-3H3/t13-,15+,16+/m1/s1. The summed E-state index contributed by atoms with van der Waals surface area (Å²) in [4.78, 5) is 14.0. The van der Waals surface area contributed by atoms with E-state index in [2.05, 4.69) is 31.2 Å². The van der Waals surface area contributed by atoms with Gasteiger partial charge in [0.25, 0.3) is 0 Å². The minimum Gasteiger partial charge on any atom is -0.378 e. The van der Waals surface area contributed by atoms with Crippen molar-refractivity contribution in [3.63, 3.8) is 0 Å². The maximum absolute atomic E-state index is 12.0. The molecule has 0 unspecified atom stereocenters. The van der Waals surface area contributed by atoms with Crippen LogP contribution in [0.15, 0.2) is 30.3 Å². The van der Waals surface area contributed by atoms with Crippen LogP contribution in [-0.2, 0) is 9.53 Å². The van der Waals surface area contributed by atoms with Crippen LogP contribution in [0, 0.1) is 5.92 Å². The topological polar surface area (TPSA) is 29.5 Å². The summed E-state index contributed by atoms with van der Waals surface area (Å²) >= 11 is 0. The molecule has 1 fully saturated rings. The van der Waals surface area contributed by atoms with E-state index in [0.29, 0.717) is 18.3 Å². The third kappa shape index (κ3) is 3.21. The molecule has 0 bridgehead atoms. The Morgan fingerprint density at radius 3 is 2.60 bits per heavy atom. The van der Waals surface area contributed by atoms with Gasteiger partial charge in [0.05, 0.1) is 6.10 Å². The number of rotatable bonds is 5. The van der Waals surface area contributed by atoms with Crippen molar-refractivity contribution in [2.45, 2.75) is 39.2 Å². The second kappa shape index (κ2) is 6.89. The number of ether oxygens (including phenoxy) is 1. The van der Waals surface area contributed by atoms with Crippen LogP contribution in [0.25, 0.3) is 0 Å². The maximum atomic E-state index is 12.0. The van der Waals surface area contributed by atoms with E-state index in [9.17, 15) is 4.79 Å². The molecule has 3 heteroatoms. The third-order valence-corrected chi connectivity index (χ3v) is 4.28. The van der Waals surface area contributed by atoms with Crippen molar-refractivity contribution in [3.8, 4) is 0 Å². The van der Waals surface area contributed by atoms with Gasteiger partial charge < -0.3 is 9.64 Å². The molecule has 1 heterocycles. The molecule has 20 heavy (non-hydrogen) atoms. The van der Waals surface area contributed by atoms with Crippen molar-refractivity contribution >= 4 is 5.91 Å². The predicted molar refractivity (Wildman–Crippen MR) is 80.6 cm³/mol. The quantitative estimate of drug-likeness (QED) is 0.826. The first-order chi connectivity index (χ1) is 9.67. The molecule has 0 aromatic heterocycles. The van der Waals surface area contributed by atoms with Gasteiger partial charge in [-0.2, -0.15) is 0 Å². The van der Waals surface area contributed by atoms with Crippen LogP contribution in [0.5, 0.6) is 0 Å². The van der Waals surface area contributed by atoms with Crippen molar-refractivity contribution in [1.82, 2.24) is 4.90 Å². The van der Waals surface area contributed by atoms with E-state index in [0.717, 1.165) is 19.7 Å². The van der Waals surface area contributed by atoms with Gasteiger partial charge in [-0.3, -0.25) is 4.79 Å². The van der Waals surface area contributed by atoms with Crippen LogP contribution < -0.4 is 0 Å². The van der Waals surface area contributed by atoms with E-state index in [4.69, 9.17) is 4.74 Å². The van der Waals surface area contributed by atoms with Crippen molar-refractivity contribution < 1.29 is 9.53 Å². The highest BCUT2D eigenvalue weighted by molar-refractivity contribution is 5.76. The summed E-state index contributed by atoms with van der Waals surface area (Å²) in [6, 6.07) is 10.5. The zero-order valence-corrected chi connectivity index (χ0v) is 12.7. The average Bonchev–Trinajstić information content (AvgIpc) is 2.93. The fourth-order valence-electron chi connectivity index (χ4n) is 3.17. The van der Waals surface area contributed by atoms with Crippen molar-refractivity contribution in [2.24, 2.45) is 5.92 Å². The molecule has 1 aromatic carbocycles. The van der Waals surface area contributed by atoms with Crippen LogP contribution >= 0.6 is 0 Å². The number of carbonyl (C=O) groups is 1. The maximum Gasteiger partial charge on any atom is 0.222 e. The molecule has 0 aliphatic carbocycles. The second-order valence-corrected chi connectivity index (χ2v) is 5.49. The molecular formula is C17H25NO2. The molecule has 0 spiro atoms. The lowest BCUT2D eigenvalue weighted by molar-refractivity contribution is -0.130. The molecule has 0 N–H and O–H groups in total. The lowest BCUT2D eigenvalue weighted by Crippen LogP contribution is -2.30. The summed E-state index contributed by atoms with van der Waals surface area (Å²) in [6.07, 6.45) is 0.761. The Bertz CT molecular complexity index is 432. The van der Waals surface area contributed by atoms with Gasteiger partial charge in [0.15, 0.2) is 0 Å². The summed E-state index contributed by atoms with van der Waals surface area (Å²) < 4.78 is 5.80. The minimum absolute atomic E-state index is 0.180. The molecule has 2 rings (SSSR count). The summed E-state index contributed by atoms with van der Waals surface area (Å²) in [5.74, 6) is 1.01. The Balaban J connectivity index is 2.19. The average molecular weight is 275 g/mol. The Kier molecular flexibility index (Phi) is 5.18. The summed E-state index contributed by atoms with van der Waals surface area (Å²) in [6.45, 7) is 8.44. The molecule has 0 saturated carbocycles. The van der Waals surface area contributed by atoms with Gasteiger partial charge in [0.2, 0.25) is 5.91 Å². The highest BCUT2D eigenvalue weighted by atomic mass is 16.5. The number of hydrogen-bond donors (Lipinski definition) is 0. The first-order valence-corrected chi connectivity index (χ1v) is 7.61. The molecule has 3 nitrogen and oxygen atoms in total. The molecule has 1 saturated heterocycles. The van der Waals surface area contributed by atoms with Crippen molar-refractivity contribution in [2.75, 3.05) is 19.7 Å². The number of amides is 1. The fourth-order valence-corrected chi connectivity index (χ4v) is 3.17. The molecule has 1 aliphatic rings. The monoisotopic (exact) mass is 275 g/mol. The van der Waals surface area contributed by atoms with E-state index >= 15 is 0 Å². The summed E-state index contributed by atoms with van der Waals surface area (Å²) in [7, 11) is 0. The van der Waals surface area contributed by atoms with Crippen LogP contribution in [0.1, 0.15) is 38.7 Å². The van der Waals surface area contributed by atoms with E-state index in [1.807, 2.05) is 24.8 Å². The smallest absolute Gasteiger partial charge is 0.222 e. The molecule has 1 aliphatic heterocycles. The Hall–Kier alpha value is -1.35. The summed E-state index contributed by atoms with van der Waals surface area (Å²) in [5, 5.41) is 0. The first kappa shape index (κ1) is 15.0. The third-order valence-electron chi connectivity index (χ3n) is 4.28. The minimum atomic E-state index is 0.180. The van der Waals surface area contributed by atoms with Gasteiger partial charge in [0.1, 0.15) is 0 Å². The fraction of sp³-hybridized carbons (Fsp3) is 0.588. The molecule has 110 valence electrons. The van der Waals surface area contributed by atoms with Gasteiger partial charge in [0, 0.05) is 38.0 Å². The number of benzene rings is 1. The van der Waals surface area contributed by atoms with Gasteiger partial charge >= 0.3 is 0 Å². The first-order valence-electron chi connectivity index (χ1n) is 7.61. The Morgan fingerprint density at radius 2 is 2.00 bits per heavy atom. The SMILES string of the molecule is CCO[C@H](C)[C@@H]1CN(C(=O)CC)C[C@H]1c1ccccc1. The van der Waals surface area contributed by atoms with Gasteiger partial charge in [-0.05, 0) is 19.4 Å². The molecule has 1 aromatic rings. The highest BCUT2D eigenvalue weighted by Gasteiger charge is 2.38.